The molecule has 0 heterocycles. The van der Waals surface area contributed by atoms with Gasteiger partial charge in [-0.1, -0.05) is 18.2 Å². The molecule has 12 heavy (non-hydrogen) atoms. The second kappa shape index (κ2) is 3.73. The van der Waals surface area contributed by atoms with Gasteiger partial charge in [0.1, 0.15) is 6.54 Å². The molecule has 4 heteroatoms. The second-order valence-corrected chi connectivity index (χ2v) is 2.32. The number of amides is 1. The van der Waals surface area contributed by atoms with E-state index in [2.05, 4.69) is 0 Å². The van der Waals surface area contributed by atoms with Crippen LogP contribution in [0.25, 0.3) is 0 Å². The number of carbonyl (C=O) groups excluding carboxylic acids is 1. The molecule has 1 rings (SSSR count). The molecule has 63 valence electrons. The van der Waals surface area contributed by atoms with Gasteiger partial charge < -0.3 is 0 Å². The second-order valence-electron chi connectivity index (χ2n) is 2.32. The fraction of sp³-hybridized carbons (Fsp3) is 0.125. The van der Waals surface area contributed by atoms with E-state index < -0.39 is 5.91 Å². The van der Waals surface area contributed by atoms with E-state index in [1.807, 2.05) is 0 Å². The summed E-state index contributed by atoms with van der Waals surface area (Å²) in [6.45, 7) is -0.302. The van der Waals surface area contributed by atoms with Crippen LogP contribution in [0.2, 0.25) is 0 Å². The number of hydrogen-bond donors (Lipinski definition) is 1. The SMILES string of the molecule is [NH]C(=O)CN(O)c1ccccc1. The first kappa shape index (κ1) is 8.55. The van der Waals surface area contributed by atoms with E-state index in [0.717, 1.165) is 5.06 Å². The van der Waals surface area contributed by atoms with Crippen LogP contribution in [0.3, 0.4) is 0 Å². The van der Waals surface area contributed by atoms with Gasteiger partial charge in [-0.25, -0.2) is 5.06 Å². The highest BCUT2D eigenvalue weighted by molar-refractivity contribution is 5.78. The van der Waals surface area contributed by atoms with Gasteiger partial charge in [0.25, 0.3) is 5.91 Å². The standard InChI is InChI=1S/C8H9N2O2/c9-8(11)6-10(12)7-4-2-1-3-5-7/h1-5,9,12H,6H2. The summed E-state index contributed by atoms with van der Waals surface area (Å²) in [5, 5.41) is 9.93. The molecule has 0 aliphatic heterocycles. The Morgan fingerprint density at radius 2 is 2.00 bits per heavy atom. The maximum Gasteiger partial charge on any atom is 0.260 e. The van der Waals surface area contributed by atoms with Gasteiger partial charge in [0.15, 0.2) is 0 Å². The van der Waals surface area contributed by atoms with Gasteiger partial charge in [0.05, 0.1) is 5.69 Å². The molecule has 1 aromatic carbocycles. The summed E-state index contributed by atoms with van der Waals surface area (Å²) in [4.78, 5) is 10.3. The van der Waals surface area contributed by atoms with Crippen molar-refractivity contribution in [2.24, 2.45) is 0 Å². The smallest absolute Gasteiger partial charge is 0.260 e. The number of hydrogen-bond acceptors (Lipinski definition) is 3. The van der Waals surface area contributed by atoms with E-state index in [-0.39, 0.29) is 6.54 Å². The summed E-state index contributed by atoms with van der Waals surface area (Å²) in [6.07, 6.45) is 0. The molecule has 1 amide bonds. The lowest BCUT2D eigenvalue weighted by atomic mass is 10.3. The molecule has 1 aromatic rings. The average molecular weight is 165 g/mol. The number of nitrogens with zero attached hydrogens (tertiary/aromatic N) is 1. The monoisotopic (exact) mass is 165 g/mol. The lowest BCUT2D eigenvalue weighted by molar-refractivity contribution is -0.118. The predicted octanol–water partition coefficient (Wildman–Crippen LogP) is 0.692. The van der Waals surface area contributed by atoms with Crippen molar-refractivity contribution in [3.63, 3.8) is 0 Å². The van der Waals surface area contributed by atoms with Gasteiger partial charge in [0.2, 0.25) is 0 Å². The van der Waals surface area contributed by atoms with Crippen LogP contribution >= 0.6 is 0 Å². The quantitative estimate of drug-likeness (QED) is 0.670. The molecule has 2 N–H and O–H groups in total. The molecular formula is C8H9N2O2. The van der Waals surface area contributed by atoms with Crippen molar-refractivity contribution in [2.45, 2.75) is 0 Å². The van der Waals surface area contributed by atoms with Crippen molar-refractivity contribution in [3.8, 4) is 0 Å². The normalized spacial score (nSPS) is 9.42. The Labute approximate surface area is 70.2 Å². The summed E-state index contributed by atoms with van der Waals surface area (Å²) < 4.78 is 0. The topological polar surface area (TPSA) is 64.3 Å². The molecule has 1 radical (unpaired) electrons. The van der Waals surface area contributed by atoms with E-state index in [4.69, 9.17) is 5.73 Å². The van der Waals surface area contributed by atoms with Gasteiger partial charge >= 0.3 is 0 Å². The molecule has 4 nitrogen and oxygen atoms in total. The number of carbonyl (C=O) groups is 1. The highest BCUT2D eigenvalue weighted by Crippen LogP contribution is 2.09. The molecule has 0 aromatic heterocycles. The number of nitrogens with one attached hydrogen (secondary N) is 1. The van der Waals surface area contributed by atoms with E-state index in [0.29, 0.717) is 5.69 Å². The fourth-order valence-corrected chi connectivity index (χ4v) is 0.827. The number of hydroxylamine groups is 1. The average Bonchev–Trinajstić information content (AvgIpc) is 2.05. The van der Waals surface area contributed by atoms with Crippen LogP contribution in [0.4, 0.5) is 5.69 Å². The fourth-order valence-electron chi connectivity index (χ4n) is 0.827. The lowest BCUT2D eigenvalue weighted by Crippen LogP contribution is -2.26. The Morgan fingerprint density at radius 1 is 1.42 bits per heavy atom. The minimum atomic E-state index is -0.818. The highest BCUT2D eigenvalue weighted by Gasteiger charge is 2.04. The molecule has 0 fully saturated rings. The zero-order chi connectivity index (χ0) is 8.97. The van der Waals surface area contributed by atoms with Crippen LogP contribution in [0.15, 0.2) is 30.3 Å². The van der Waals surface area contributed by atoms with Crippen molar-refractivity contribution in [1.82, 2.24) is 5.73 Å². The van der Waals surface area contributed by atoms with E-state index in [9.17, 15) is 10.0 Å². The Balaban J connectivity index is 2.65. The molecule has 0 aliphatic carbocycles. The van der Waals surface area contributed by atoms with Crippen molar-refractivity contribution >= 4 is 11.6 Å². The highest BCUT2D eigenvalue weighted by atomic mass is 16.5. The van der Waals surface area contributed by atoms with Gasteiger partial charge in [-0.15, -0.1) is 0 Å². The van der Waals surface area contributed by atoms with Crippen LogP contribution in [0.5, 0.6) is 0 Å². The Kier molecular flexibility index (Phi) is 2.66. The van der Waals surface area contributed by atoms with Gasteiger partial charge in [-0.2, -0.15) is 0 Å². The van der Waals surface area contributed by atoms with E-state index in [1.165, 1.54) is 0 Å². The summed E-state index contributed by atoms with van der Waals surface area (Å²) >= 11 is 0. The molecule has 0 spiro atoms. The van der Waals surface area contributed by atoms with Crippen LogP contribution < -0.4 is 10.8 Å². The number of anilines is 1. The Hall–Kier alpha value is -1.55. The van der Waals surface area contributed by atoms with Gasteiger partial charge in [0, 0.05) is 0 Å². The lowest BCUT2D eigenvalue weighted by Gasteiger charge is -2.13. The summed E-state index contributed by atoms with van der Waals surface area (Å²) in [5.74, 6) is -0.818. The van der Waals surface area contributed by atoms with Gasteiger partial charge in [-0.05, 0) is 12.1 Å². The van der Waals surface area contributed by atoms with Crippen molar-refractivity contribution in [1.29, 1.82) is 0 Å². The van der Waals surface area contributed by atoms with E-state index >= 15 is 0 Å². The van der Waals surface area contributed by atoms with Crippen LogP contribution in [-0.4, -0.2) is 17.7 Å². The third-order valence-electron chi connectivity index (χ3n) is 1.35. The van der Waals surface area contributed by atoms with Crippen LogP contribution in [0.1, 0.15) is 0 Å². The third-order valence-corrected chi connectivity index (χ3v) is 1.35. The number of para-hydroxylation sites is 1. The molecule has 0 atom stereocenters. The number of rotatable bonds is 3. The number of benzene rings is 1. The maximum atomic E-state index is 10.3. The van der Waals surface area contributed by atoms with Crippen LogP contribution in [-0.2, 0) is 4.79 Å². The first-order valence-corrected chi connectivity index (χ1v) is 3.46. The molecular weight excluding hydrogens is 156 g/mol. The predicted molar refractivity (Wildman–Crippen MR) is 43.7 cm³/mol. The molecule has 0 saturated carbocycles. The molecule has 0 saturated heterocycles. The van der Waals surface area contributed by atoms with Crippen LogP contribution in [0, 0.1) is 0 Å². The Bertz CT molecular complexity index is 261. The zero-order valence-electron chi connectivity index (χ0n) is 6.40. The molecule has 0 unspecified atom stereocenters. The van der Waals surface area contributed by atoms with Crippen molar-refractivity contribution in [3.05, 3.63) is 30.3 Å². The minimum Gasteiger partial charge on any atom is -0.288 e. The maximum absolute atomic E-state index is 10.3. The van der Waals surface area contributed by atoms with Gasteiger partial charge in [-0.3, -0.25) is 15.7 Å². The first-order valence-electron chi connectivity index (χ1n) is 3.46. The summed E-state index contributed by atoms with van der Waals surface area (Å²) in [5.41, 5.74) is 7.13. The third kappa shape index (κ3) is 2.25. The molecule has 0 aliphatic rings. The molecule has 0 bridgehead atoms. The minimum absolute atomic E-state index is 0.302. The van der Waals surface area contributed by atoms with Crippen molar-refractivity contribution in [2.75, 3.05) is 11.6 Å². The first-order chi connectivity index (χ1) is 5.70. The van der Waals surface area contributed by atoms with E-state index in [1.54, 1.807) is 30.3 Å². The summed E-state index contributed by atoms with van der Waals surface area (Å²) in [6, 6.07) is 8.60. The zero-order valence-corrected chi connectivity index (χ0v) is 6.40. The largest absolute Gasteiger partial charge is 0.288 e. The summed E-state index contributed by atoms with van der Waals surface area (Å²) in [7, 11) is 0. The Morgan fingerprint density at radius 3 is 2.50 bits per heavy atom. The van der Waals surface area contributed by atoms with Crippen molar-refractivity contribution < 1.29 is 10.0 Å².